The largest absolute Gasteiger partial charge is 0.573 e. The van der Waals surface area contributed by atoms with Crippen LogP contribution in [-0.2, 0) is 0 Å². The number of halogens is 3. The molecule has 1 atom stereocenters. The van der Waals surface area contributed by atoms with Crippen molar-refractivity contribution in [2.75, 3.05) is 6.61 Å². The Labute approximate surface area is 121 Å². The molecule has 21 heavy (non-hydrogen) atoms. The van der Waals surface area contributed by atoms with Gasteiger partial charge in [-0.15, -0.1) is 13.2 Å². The summed E-state index contributed by atoms with van der Waals surface area (Å²) in [6.07, 6.45) is -3.74. The molecule has 0 spiro atoms. The maximum absolute atomic E-state index is 12.2. The van der Waals surface area contributed by atoms with Gasteiger partial charge in [-0.3, -0.25) is 4.79 Å². The van der Waals surface area contributed by atoms with E-state index in [0.717, 1.165) is 18.6 Å². The Balaban J connectivity index is 2.12. The van der Waals surface area contributed by atoms with Gasteiger partial charge < -0.3 is 9.47 Å². The third-order valence-electron chi connectivity index (χ3n) is 3.72. The molecular weight excluding hydrogens is 285 g/mol. The average molecular weight is 302 g/mol. The van der Waals surface area contributed by atoms with Crippen LogP contribution in [0.15, 0.2) is 18.2 Å². The van der Waals surface area contributed by atoms with Gasteiger partial charge in [-0.25, -0.2) is 0 Å². The zero-order valence-corrected chi connectivity index (χ0v) is 12.1. The Hall–Kier alpha value is -1.72. The molecular formula is C15H17F3O3. The molecule has 1 aromatic rings. The summed E-state index contributed by atoms with van der Waals surface area (Å²) in [5.41, 5.74) is 0.325. The smallest absolute Gasteiger partial charge is 0.493 e. The molecule has 0 aromatic heterocycles. The number of carbonyl (C=O) groups excluding carboxylic acids is 1. The van der Waals surface area contributed by atoms with E-state index in [1.807, 2.05) is 0 Å². The minimum Gasteiger partial charge on any atom is -0.493 e. The normalized spacial score (nSPS) is 20.0. The number of alkyl halides is 3. The van der Waals surface area contributed by atoms with E-state index in [1.165, 1.54) is 13.0 Å². The minimum absolute atomic E-state index is 0.0928. The van der Waals surface area contributed by atoms with Crippen molar-refractivity contribution < 1.29 is 27.4 Å². The summed E-state index contributed by atoms with van der Waals surface area (Å²) in [5, 5.41) is 0. The van der Waals surface area contributed by atoms with Gasteiger partial charge >= 0.3 is 6.36 Å². The number of Topliss-reactive ketones (excluding diaryl/α,β-unsaturated/α-hetero) is 1. The van der Waals surface area contributed by atoms with Crippen molar-refractivity contribution in [3.63, 3.8) is 0 Å². The highest BCUT2D eigenvalue weighted by molar-refractivity contribution is 5.97. The SMILES string of the molecule is CC(=O)c1cc(OC(F)(F)F)ccc1OCC1CC1(C)C. The second kappa shape index (κ2) is 5.24. The lowest BCUT2D eigenvalue weighted by Gasteiger charge is -2.13. The van der Waals surface area contributed by atoms with Crippen LogP contribution in [0.1, 0.15) is 37.6 Å². The van der Waals surface area contributed by atoms with Gasteiger partial charge in [0.15, 0.2) is 5.78 Å². The van der Waals surface area contributed by atoms with Crippen molar-refractivity contribution >= 4 is 5.78 Å². The predicted molar refractivity (Wildman–Crippen MR) is 70.5 cm³/mol. The first-order valence-electron chi connectivity index (χ1n) is 6.62. The molecule has 1 aliphatic carbocycles. The summed E-state index contributed by atoms with van der Waals surface area (Å²) < 4.78 is 45.9. The van der Waals surface area contributed by atoms with Crippen LogP contribution in [0.4, 0.5) is 13.2 Å². The zero-order chi connectivity index (χ0) is 15.8. The maximum atomic E-state index is 12.2. The lowest BCUT2D eigenvalue weighted by molar-refractivity contribution is -0.274. The Bertz CT molecular complexity index is 550. The number of hydrogen-bond donors (Lipinski definition) is 0. The van der Waals surface area contributed by atoms with E-state index in [2.05, 4.69) is 18.6 Å². The molecule has 2 rings (SSSR count). The van der Waals surface area contributed by atoms with E-state index in [4.69, 9.17) is 4.74 Å². The quantitative estimate of drug-likeness (QED) is 0.764. The fourth-order valence-electron chi connectivity index (χ4n) is 2.16. The molecule has 1 fully saturated rings. The number of hydrogen-bond acceptors (Lipinski definition) is 3. The number of rotatable bonds is 5. The first-order chi connectivity index (χ1) is 9.58. The summed E-state index contributed by atoms with van der Waals surface area (Å²) in [7, 11) is 0. The van der Waals surface area contributed by atoms with Gasteiger partial charge in [0.1, 0.15) is 11.5 Å². The molecule has 3 nitrogen and oxygen atoms in total. The molecule has 0 bridgehead atoms. The molecule has 1 unspecified atom stereocenters. The molecule has 0 N–H and O–H groups in total. The van der Waals surface area contributed by atoms with Crippen molar-refractivity contribution in [2.24, 2.45) is 11.3 Å². The summed E-state index contributed by atoms with van der Waals surface area (Å²) >= 11 is 0. The van der Waals surface area contributed by atoms with E-state index in [1.54, 1.807) is 0 Å². The van der Waals surface area contributed by atoms with Gasteiger partial charge in [-0.1, -0.05) is 13.8 Å². The fourth-order valence-corrected chi connectivity index (χ4v) is 2.16. The van der Waals surface area contributed by atoms with Crippen molar-refractivity contribution in [1.82, 2.24) is 0 Å². The predicted octanol–water partition coefficient (Wildman–Crippen LogP) is 4.21. The van der Waals surface area contributed by atoms with E-state index in [-0.39, 0.29) is 16.8 Å². The fraction of sp³-hybridized carbons (Fsp3) is 0.533. The van der Waals surface area contributed by atoms with Crippen LogP contribution in [0.3, 0.4) is 0 Å². The van der Waals surface area contributed by atoms with Crippen LogP contribution in [0, 0.1) is 11.3 Å². The van der Waals surface area contributed by atoms with Crippen LogP contribution in [0.2, 0.25) is 0 Å². The van der Waals surface area contributed by atoms with Gasteiger partial charge in [-0.2, -0.15) is 0 Å². The topological polar surface area (TPSA) is 35.5 Å². The number of carbonyl (C=O) groups is 1. The van der Waals surface area contributed by atoms with Gasteiger partial charge in [0, 0.05) is 0 Å². The van der Waals surface area contributed by atoms with Crippen LogP contribution in [0.25, 0.3) is 0 Å². The average Bonchev–Trinajstić information content (AvgIpc) is 2.93. The molecule has 0 heterocycles. The molecule has 1 saturated carbocycles. The highest BCUT2D eigenvalue weighted by atomic mass is 19.4. The van der Waals surface area contributed by atoms with Crippen molar-refractivity contribution in [3.05, 3.63) is 23.8 Å². The van der Waals surface area contributed by atoms with Crippen LogP contribution in [0.5, 0.6) is 11.5 Å². The number of ketones is 1. The van der Waals surface area contributed by atoms with E-state index in [9.17, 15) is 18.0 Å². The molecule has 6 heteroatoms. The van der Waals surface area contributed by atoms with E-state index >= 15 is 0 Å². The molecule has 0 amide bonds. The number of ether oxygens (including phenoxy) is 2. The number of benzene rings is 1. The monoisotopic (exact) mass is 302 g/mol. The standard InChI is InChI=1S/C15H17F3O3/c1-9(19)12-6-11(21-15(16,17)18)4-5-13(12)20-8-10-7-14(10,2)3/h4-6,10H,7-8H2,1-3H3. The van der Waals surface area contributed by atoms with Gasteiger partial charge in [0.2, 0.25) is 0 Å². The third kappa shape index (κ3) is 4.12. The molecule has 0 radical (unpaired) electrons. The second-order valence-electron chi connectivity index (χ2n) is 5.96. The van der Waals surface area contributed by atoms with Crippen LogP contribution < -0.4 is 9.47 Å². The van der Waals surface area contributed by atoms with Crippen molar-refractivity contribution in [1.29, 1.82) is 0 Å². The molecule has 1 aromatic carbocycles. The lowest BCUT2D eigenvalue weighted by atomic mass is 10.1. The Kier molecular flexibility index (Phi) is 3.91. The lowest BCUT2D eigenvalue weighted by Crippen LogP contribution is -2.17. The molecule has 0 aliphatic heterocycles. The molecule has 0 saturated heterocycles. The first kappa shape index (κ1) is 15.7. The van der Waals surface area contributed by atoms with Crippen molar-refractivity contribution in [2.45, 2.75) is 33.6 Å². The Morgan fingerprint density at radius 3 is 2.48 bits per heavy atom. The van der Waals surface area contributed by atoms with Gasteiger partial charge in [0.05, 0.1) is 12.2 Å². The van der Waals surface area contributed by atoms with E-state index in [0.29, 0.717) is 18.3 Å². The highest BCUT2D eigenvalue weighted by Crippen LogP contribution is 2.51. The van der Waals surface area contributed by atoms with Crippen LogP contribution in [-0.4, -0.2) is 18.8 Å². The first-order valence-corrected chi connectivity index (χ1v) is 6.62. The molecule has 116 valence electrons. The third-order valence-corrected chi connectivity index (χ3v) is 3.72. The van der Waals surface area contributed by atoms with Crippen LogP contribution >= 0.6 is 0 Å². The zero-order valence-electron chi connectivity index (χ0n) is 12.1. The molecule has 1 aliphatic rings. The summed E-state index contributed by atoms with van der Waals surface area (Å²) in [6, 6.07) is 3.55. The Morgan fingerprint density at radius 1 is 1.38 bits per heavy atom. The minimum atomic E-state index is -4.78. The maximum Gasteiger partial charge on any atom is 0.573 e. The summed E-state index contributed by atoms with van der Waals surface area (Å²) in [4.78, 5) is 11.6. The summed E-state index contributed by atoms with van der Waals surface area (Å²) in [6.45, 7) is 5.97. The van der Waals surface area contributed by atoms with E-state index < -0.39 is 12.1 Å². The summed E-state index contributed by atoms with van der Waals surface area (Å²) in [5.74, 6) is -0.0948. The highest BCUT2D eigenvalue weighted by Gasteiger charge is 2.46. The Morgan fingerprint density at radius 2 is 2.00 bits per heavy atom. The second-order valence-corrected chi connectivity index (χ2v) is 5.96. The van der Waals surface area contributed by atoms with Crippen molar-refractivity contribution in [3.8, 4) is 11.5 Å². The van der Waals surface area contributed by atoms with Gasteiger partial charge in [0.25, 0.3) is 0 Å². The van der Waals surface area contributed by atoms with Gasteiger partial charge in [-0.05, 0) is 42.9 Å².